The summed E-state index contributed by atoms with van der Waals surface area (Å²) in [6.07, 6.45) is 6.02. The number of hydrogen-bond acceptors (Lipinski definition) is 6. The fraction of sp³-hybridized carbons (Fsp3) is 0.167. The number of nitrogen functional groups attached to an aromatic ring is 1. The van der Waals surface area contributed by atoms with Gasteiger partial charge in [0, 0.05) is 12.7 Å². The molecule has 2 N–H and O–H groups in total. The van der Waals surface area contributed by atoms with E-state index in [-0.39, 0.29) is 17.2 Å². The van der Waals surface area contributed by atoms with Gasteiger partial charge in [-0.15, -0.1) is 0 Å². The summed E-state index contributed by atoms with van der Waals surface area (Å²) in [5, 5.41) is 3.63. The SMILES string of the molecule is CCn1cnc2cncc(C(=O)c3nocc3N)c21. The maximum absolute atomic E-state index is 12.4. The lowest BCUT2D eigenvalue weighted by Gasteiger charge is -2.04. The van der Waals surface area contributed by atoms with Crippen LogP contribution in [0, 0.1) is 0 Å². The lowest BCUT2D eigenvalue weighted by molar-refractivity contribution is 0.103. The number of fused-ring (bicyclic) bond motifs is 1. The molecule has 19 heavy (non-hydrogen) atoms. The van der Waals surface area contributed by atoms with Gasteiger partial charge in [0.15, 0.2) is 5.69 Å². The van der Waals surface area contributed by atoms with Crippen LogP contribution in [0.2, 0.25) is 0 Å². The van der Waals surface area contributed by atoms with Crippen molar-refractivity contribution in [3.05, 3.63) is 36.2 Å². The van der Waals surface area contributed by atoms with Crippen LogP contribution in [0.15, 0.2) is 29.5 Å². The van der Waals surface area contributed by atoms with Crippen molar-refractivity contribution >= 4 is 22.5 Å². The van der Waals surface area contributed by atoms with Crippen LogP contribution >= 0.6 is 0 Å². The molecule has 0 spiro atoms. The first kappa shape index (κ1) is 11.4. The average molecular weight is 257 g/mol. The monoisotopic (exact) mass is 257 g/mol. The van der Waals surface area contributed by atoms with Crippen LogP contribution in [0.3, 0.4) is 0 Å². The summed E-state index contributed by atoms with van der Waals surface area (Å²) in [6, 6.07) is 0. The Labute approximate surface area is 108 Å². The molecule has 0 atom stereocenters. The van der Waals surface area contributed by atoms with E-state index in [4.69, 9.17) is 10.3 Å². The first-order chi connectivity index (χ1) is 9.22. The molecule has 7 nitrogen and oxygen atoms in total. The molecule has 0 aromatic carbocycles. The fourth-order valence-corrected chi connectivity index (χ4v) is 1.98. The summed E-state index contributed by atoms with van der Waals surface area (Å²) < 4.78 is 6.57. The highest BCUT2D eigenvalue weighted by Gasteiger charge is 2.21. The van der Waals surface area contributed by atoms with Crippen LogP contribution in [-0.2, 0) is 6.54 Å². The Bertz CT molecular complexity index is 758. The molecule has 0 saturated heterocycles. The molecule has 0 radical (unpaired) electrons. The number of imidazole rings is 1. The number of aryl methyl sites for hydroxylation is 1. The first-order valence-electron chi connectivity index (χ1n) is 5.75. The zero-order valence-electron chi connectivity index (χ0n) is 10.2. The van der Waals surface area contributed by atoms with Gasteiger partial charge in [-0.3, -0.25) is 9.78 Å². The van der Waals surface area contributed by atoms with Crippen molar-refractivity contribution in [3.8, 4) is 0 Å². The Morgan fingerprint density at radius 1 is 1.47 bits per heavy atom. The molecule has 0 saturated carbocycles. The van der Waals surface area contributed by atoms with Gasteiger partial charge in [0.05, 0.1) is 23.6 Å². The molecule has 3 rings (SSSR count). The van der Waals surface area contributed by atoms with E-state index in [1.165, 1.54) is 12.5 Å². The minimum atomic E-state index is -0.320. The van der Waals surface area contributed by atoms with Gasteiger partial charge >= 0.3 is 0 Å². The Hall–Kier alpha value is -2.70. The molecule has 0 aliphatic carbocycles. The van der Waals surface area contributed by atoms with Crippen LogP contribution in [0.1, 0.15) is 23.0 Å². The molecular weight excluding hydrogens is 246 g/mol. The standard InChI is InChI=1S/C12H11N5O2/c1-2-17-6-15-9-4-14-3-7(11(9)17)12(18)10-8(13)5-19-16-10/h3-6H,2,13H2,1H3. The quantitative estimate of drug-likeness (QED) is 0.709. The second-order valence-electron chi connectivity index (χ2n) is 4.03. The molecule has 0 fully saturated rings. The summed E-state index contributed by atoms with van der Waals surface area (Å²) in [5.74, 6) is -0.320. The van der Waals surface area contributed by atoms with Gasteiger partial charge in [-0.2, -0.15) is 0 Å². The zero-order valence-corrected chi connectivity index (χ0v) is 10.2. The highest BCUT2D eigenvalue weighted by Crippen LogP contribution is 2.21. The van der Waals surface area contributed by atoms with E-state index in [2.05, 4.69) is 15.1 Å². The molecular formula is C12H11N5O2. The van der Waals surface area contributed by atoms with E-state index < -0.39 is 0 Å². The third kappa shape index (κ3) is 1.67. The van der Waals surface area contributed by atoms with Crippen LogP contribution in [0.25, 0.3) is 11.0 Å². The molecule has 3 heterocycles. The third-order valence-electron chi connectivity index (χ3n) is 2.92. The van der Waals surface area contributed by atoms with Gasteiger partial charge in [0.1, 0.15) is 17.5 Å². The first-order valence-corrected chi connectivity index (χ1v) is 5.75. The lowest BCUT2D eigenvalue weighted by Crippen LogP contribution is -2.08. The number of nitrogens with zero attached hydrogens (tertiary/aromatic N) is 4. The molecule has 0 aliphatic heterocycles. The Kier molecular flexibility index (Phi) is 2.52. The van der Waals surface area contributed by atoms with Crippen LogP contribution in [-0.4, -0.2) is 25.5 Å². The summed E-state index contributed by atoms with van der Waals surface area (Å²) >= 11 is 0. The van der Waals surface area contributed by atoms with Crippen molar-refractivity contribution in [2.45, 2.75) is 13.5 Å². The second kappa shape index (κ2) is 4.20. The summed E-state index contributed by atoms with van der Waals surface area (Å²) in [6.45, 7) is 2.68. The highest BCUT2D eigenvalue weighted by atomic mass is 16.5. The van der Waals surface area contributed by atoms with Crippen LogP contribution in [0.4, 0.5) is 5.69 Å². The highest BCUT2D eigenvalue weighted by molar-refractivity contribution is 6.16. The number of aromatic nitrogens is 4. The van der Waals surface area contributed by atoms with Gasteiger partial charge in [-0.25, -0.2) is 4.98 Å². The minimum absolute atomic E-state index is 0.0955. The predicted molar refractivity (Wildman–Crippen MR) is 67.5 cm³/mol. The Balaban J connectivity index is 2.23. The van der Waals surface area contributed by atoms with Crippen LogP contribution < -0.4 is 5.73 Å². The van der Waals surface area contributed by atoms with E-state index in [1.807, 2.05) is 11.5 Å². The third-order valence-corrected chi connectivity index (χ3v) is 2.92. The van der Waals surface area contributed by atoms with Gasteiger partial charge in [-0.05, 0) is 6.92 Å². The number of pyridine rings is 1. The van der Waals surface area contributed by atoms with Gasteiger partial charge in [0.25, 0.3) is 0 Å². The van der Waals surface area contributed by atoms with E-state index >= 15 is 0 Å². The van der Waals surface area contributed by atoms with E-state index in [0.29, 0.717) is 17.6 Å². The average Bonchev–Trinajstić information content (AvgIpc) is 3.03. The topological polar surface area (TPSA) is 99.8 Å². The summed E-state index contributed by atoms with van der Waals surface area (Å²) in [4.78, 5) is 20.7. The minimum Gasteiger partial charge on any atom is -0.394 e. The molecule has 0 aliphatic rings. The van der Waals surface area contributed by atoms with E-state index in [1.54, 1.807) is 12.5 Å². The molecule has 3 aromatic heterocycles. The lowest BCUT2D eigenvalue weighted by atomic mass is 10.1. The number of carbonyl (C=O) groups is 1. The predicted octanol–water partition coefficient (Wildman–Crippen LogP) is 1.25. The Morgan fingerprint density at radius 2 is 2.32 bits per heavy atom. The normalized spacial score (nSPS) is 11.0. The van der Waals surface area contributed by atoms with Crippen molar-refractivity contribution in [3.63, 3.8) is 0 Å². The molecule has 0 unspecified atom stereocenters. The number of anilines is 1. The number of ketones is 1. The second-order valence-corrected chi connectivity index (χ2v) is 4.03. The number of nitrogens with two attached hydrogens (primary N) is 1. The van der Waals surface area contributed by atoms with Crippen LogP contribution in [0.5, 0.6) is 0 Å². The summed E-state index contributed by atoms with van der Waals surface area (Å²) in [7, 11) is 0. The van der Waals surface area contributed by atoms with Gasteiger partial charge in [0.2, 0.25) is 5.78 Å². The molecule has 3 aromatic rings. The molecule has 96 valence electrons. The van der Waals surface area contributed by atoms with Crippen molar-refractivity contribution in [2.24, 2.45) is 0 Å². The van der Waals surface area contributed by atoms with Gasteiger partial charge in [-0.1, -0.05) is 5.16 Å². The van der Waals surface area contributed by atoms with Crippen molar-refractivity contribution < 1.29 is 9.32 Å². The maximum Gasteiger partial charge on any atom is 0.220 e. The number of hydrogen-bond donors (Lipinski definition) is 1. The fourth-order valence-electron chi connectivity index (χ4n) is 1.98. The zero-order chi connectivity index (χ0) is 13.4. The Morgan fingerprint density at radius 3 is 3.00 bits per heavy atom. The van der Waals surface area contributed by atoms with Crippen molar-refractivity contribution in [1.82, 2.24) is 19.7 Å². The molecule has 0 amide bonds. The summed E-state index contributed by atoms with van der Waals surface area (Å²) in [5.41, 5.74) is 7.76. The van der Waals surface area contributed by atoms with E-state index in [0.717, 1.165) is 5.52 Å². The molecule has 0 bridgehead atoms. The number of carbonyl (C=O) groups excluding carboxylic acids is 1. The van der Waals surface area contributed by atoms with E-state index in [9.17, 15) is 4.79 Å². The maximum atomic E-state index is 12.4. The van der Waals surface area contributed by atoms with Crippen molar-refractivity contribution in [1.29, 1.82) is 0 Å². The van der Waals surface area contributed by atoms with Crippen molar-refractivity contribution in [2.75, 3.05) is 5.73 Å². The number of rotatable bonds is 3. The smallest absolute Gasteiger partial charge is 0.220 e. The largest absolute Gasteiger partial charge is 0.394 e. The molecule has 7 heteroatoms. The van der Waals surface area contributed by atoms with Gasteiger partial charge < -0.3 is 14.8 Å².